The maximum Gasteiger partial charge on any atom is 0.426 e. The summed E-state index contributed by atoms with van der Waals surface area (Å²) >= 11 is 1.29. The van der Waals surface area contributed by atoms with E-state index >= 15 is 0 Å². The Morgan fingerprint density at radius 3 is 2.35 bits per heavy atom. The number of amides is 4. The quantitative estimate of drug-likeness (QED) is 0.0687. The second-order valence-corrected chi connectivity index (χ2v) is 13.4. The molecule has 0 radical (unpaired) electrons. The predicted molar refractivity (Wildman–Crippen MR) is 196 cm³/mol. The minimum atomic E-state index is -1.06. The molecule has 0 saturated carbocycles. The van der Waals surface area contributed by atoms with Gasteiger partial charge in [-0.2, -0.15) is 0 Å². The molecule has 5 N–H and O–H groups in total. The number of nitrogens with two attached hydrogens (primary N) is 1. The monoisotopic (exact) mass is 734 g/mol. The summed E-state index contributed by atoms with van der Waals surface area (Å²) in [5, 5.41) is 4.98. The van der Waals surface area contributed by atoms with Crippen LogP contribution in [0.1, 0.15) is 94.4 Å². The average molecular weight is 735 g/mol. The molecular formula is C36H58N6O8S. The van der Waals surface area contributed by atoms with Gasteiger partial charge in [0, 0.05) is 50.4 Å². The first-order chi connectivity index (χ1) is 24.5. The van der Waals surface area contributed by atoms with Crippen LogP contribution in [0.15, 0.2) is 35.7 Å². The third-order valence-electron chi connectivity index (χ3n) is 8.07. The largest absolute Gasteiger partial charge is 0.446 e. The molecule has 0 aliphatic heterocycles. The Morgan fingerprint density at radius 1 is 0.961 bits per heavy atom. The van der Waals surface area contributed by atoms with Crippen molar-refractivity contribution in [2.24, 2.45) is 17.6 Å². The molecule has 0 aliphatic carbocycles. The van der Waals surface area contributed by atoms with E-state index in [4.69, 9.17) is 24.7 Å². The standard InChI is InChI=1S/C36H58N6O8S/c1-7-16-49-31(22-30(25(4)5)42(24-47-9-3)32(43)20-26(6)8-2)35-39-29(23-51-35)33(44)38-28(21-27-13-11-10-12-14-27)34(45)40-41-36(46)50-19-18-48-17-15-37/h10-14,23,25-26,28,30-31H,7-9,15-22,24,37H2,1-6H3,(H,38,44)(H,40,45)(H,41,46)/t26-,28-,30?,31+/m0/s1. The molecule has 286 valence electrons. The first-order valence-corrected chi connectivity index (χ1v) is 18.7. The molecule has 1 aromatic carbocycles. The molecule has 2 aromatic rings. The van der Waals surface area contributed by atoms with E-state index in [0.29, 0.717) is 44.2 Å². The molecule has 0 aliphatic rings. The lowest BCUT2D eigenvalue weighted by Crippen LogP contribution is -2.53. The molecule has 1 unspecified atom stereocenters. The Kier molecular flexibility index (Phi) is 20.9. The molecule has 0 bridgehead atoms. The molecular weight excluding hydrogens is 676 g/mol. The number of carbonyl (C=O) groups excluding carboxylic acids is 4. The smallest absolute Gasteiger partial charge is 0.426 e. The maximum atomic E-state index is 13.6. The van der Waals surface area contributed by atoms with Crippen molar-refractivity contribution in [1.82, 2.24) is 26.1 Å². The maximum absolute atomic E-state index is 13.6. The fourth-order valence-electron chi connectivity index (χ4n) is 5.03. The molecule has 2 rings (SSSR count). The summed E-state index contributed by atoms with van der Waals surface area (Å²) in [6.45, 7) is 14.1. The van der Waals surface area contributed by atoms with E-state index in [1.54, 1.807) is 5.38 Å². The highest BCUT2D eigenvalue weighted by atomic mass is 32.1. The van der Waals surface area contributed by atoms with Gasteiger partial charge in [0.05, 0.1) is 13.2 Å². The van der Waals surface area contributed by atoms with E-state index in [2.05, 4.69) is 48.8 Å². The van der Waals surface area contributed by atoms with Gasteiger partial charge in [-0.05, 0) is 30.7 Å². The van der Waals surface area contributed by atoms with Crippen LogP contribution >= 0.6 is 11.3 Å². The first kappa shape index (κ1) is 43.5. The number of nitrogens with zero attached hydrogens (tertiary/aromatic N) is 2. The van der Waals surface area contributed by atoms with Crippen molar-refractivity contribution in [3.05, 3.63) is 52.0 Å². The van der Waals surface area contributed by atoms with E-state index in [0.717, 1.165) is 18.4 Å². The summed E-state index contributed by atoms with van der Waals surface area (Å²) in [7, 11) is 0. The van der Waals surface area contributed by atoms with Crippen LogP contribution in [0.25, 0.3) is 0 Å². The van der Waals surface area contributed by atoms with Crippen molar-refractivity contribution >= 4 is 35.2 Å². The zero-order valence-corrected chi connectivity index (χ0v) is 31.8. The third-order valence-corrected chi connectivity index (χ3v) is 9.01. The summed E-state index contributed by atoms with van der Waals surface area (Å²) in [5.74, 6) is -0.851. The Labute approximate surface area is 306 Å². The van der Waals surface area contributed by atoms with Crippen LogP contribution in [-0.2, 0) is 35.0 Å². The summed E-state index contributed by atoms with van der Waals surface area (Å²) < 4.78 is 22.2. The number of hydrogen-bond donors (Lipinski definition) is 4. The van der Waals surface area contributed by atoms with Gasteiger partial charge in [-0.25, -0.2) is 15.2 Å². The Hall–Kier alpha value is -3.63. The van der Waals surface area contributed by atoms with Crippen LogP contribution in [0, 0.1) is 11.8 Å². The zero-order valence-electron chi connectivity index (χ0n) is 31.0. The highest BCUT2D eigenvalue weighted by Gasteiger charge is 2.32. The highest BCUT2D eigenvalue weighted by molar-refractivity contribution is 7.09. The molecule has 0 fully saturated rings. The fourth-order valence-corrected chi connectivity index (χ4v) is 5.89. The number of aromatic nitrogens is 1. The van der Waals surface area contributed by atoms with Crippen molar-refractivity contribution in [2.45, 2.75) is 91.8 Å². The van der Waals surface area contributed by atoms with Crippen LogP contribution in [0.2, 0.25) is 0 Å². The molecule has 1 aromatic heterocycles. The zero-order chi connectivity index (χ0) is 37.6. The minimum absolute atomic E-state index is 0.0299. The van der Waals surface area contributed by atoms with E-state index in [1.165, 1.54) is 11.3 Å². The van der Waals surface area contributed by atoms with Crippen LogP contribution in [0.5, 0.6) is 0 Å². The molecule has 14 nitrogen and oxygen atoms in total. The fraction of sp³-hybridized carbons (Fsp3) is 0.639. The van der Waals surface area contributed by atoms with E-state index in [1.807, 2.05) is 49.1 Å². The summed E-state index contributed by atoms with van der Waals surface area (Å²) in [6, 6.07) is 7.92. The van der Waals surface area contributed by atoms with Crippen LogP contribution in [-0.4, -0.2) is 92.1 Å². The number of hydrogen-bond acceptors (Lipinski definition) is 11. The first-order valence-electron chi connectivity index (χ1n) is 17.8. The summed E-state index contributed by atoms with van der Waals surface area (Å²) in [6.07, 6.45) is 1.35. The minimum Gasteiger partial charge on any atom is -0.446 e. The van der Waals surface area contributed by atoms with Crippen LogP contribution in [0.4, 0.5) is 4.79 Å². The average Bonchev–Trinajstić information content (AvgIpc) is 3.62. The van der Waals surface area contributed by atoms with Gasteiger partial charge in [-0.15, -0.1) is 11.3 Å². The van der Waals surface area contributed by atoms with E-state index in [9.17, 15) is 19.2 Å². The van der Waals surface area contributed by atoms with Gasteiger partial charge in [-0.3, -0.25) is 19.8 Å². The molecule has 0 spiro atoms. The lowest BCUT2D eigenvalue weighted by molar-refractivity contribution is -0.144. The SMILES string of the molecule is CCCO[C@H](CC(C(C)C)N(COCC)C(=O)C[C@@H](C)CC)c1nc(C(=O)N[C@@H](Cc2ccccc2)C(=O)NNC(=O)OCCOCCN)cs1. The van der Waals surface area contributed by atoms with Gasteiger partial charge < -0.3 is 34.9 Å². The topological polar surface area (TPSA) is 183 Å². The van der Waals surface area contributed by atoms with Gasteiger partial charge in [0.2, 0.25) is 5.91 Å². The second kappa shape index (κ2) is 24.5. The number of nitrogens with one attached hydrogen (secondary N) is 3. The van der Waals surface area contributed by atoms with Crippen molar-refractivity contribution in [2.75, 3.05) is 46.3 Å². The number of thiazole rings is 1. The Bertz CT molecular complexity index is 1310. The van der Waals surface area contributed by atoms with Crippen LogP contribution < -0.4 is 21.9 Å². The number of hydrazine groups is 1. The lowest BCUT2D eigenvalue weighted by Gasteiger charge is -2.36. The van der Waals surface area contributed by atoms with Crippen molar-refractivity contribution in [1.29, 1.82) is 0 Å². The summed E-state index contributed by atoms with van der Waals surface area (Å²) in [5.41, 5.74) is 10.8. The van der Waals surface area contributed by atoms with Crippen molar-refractivity contribution < 1.29 is 38.1 Å². The van der Waals surface area contributed by atoms with Crippen LogP contribution in [0.3, 0.4) is 0 Å². The van der Waals surface area contributed by atoms with Crippen molar-refractivity contribution in [3.8, 4) is 0 Å². The number of benzene rings is 1. The predicted octanol–water partition coefficient (Wildman–Crippen LogP) is 4.36. The normalized spacial score (nSPS) is 13.6. The molecule has 15 heteroatoms. The highest BCUT2D eigenvalue weighted by Crippen LogP contribution is 2.31. The number of carbonyl (C=O) groups is 4. The summed E-state index contributed by atoms with van der Waals surface area (Å²) in [4.78, 5) is 58.8. The van der Waals surface area contributed by atoms with E-state index in [-0.39, 0.29) is 55.8 Å². The molecule has 4 atom stereocenters. The second-order valence-electron chi connectivity index (χ2n) is 12.5. The van der Waals surface area contributed by atoms with Gasteiger partial charge >= 0.3 is 6.09 Å². The van der Waals surface area contributed by atoms with Crippen molar-refractivity contribution in [3.63, 3.8) is 0 Å². The van der Waals surface area contributed by atoms with Gasteiger partial charge in [-0.1, -0.05) is 71.4 Å². The molecule has 1 heterocycles. The number of ether oxygens (including phenoxy) is 4. The molecule has 4 amide bonds. The third kappa shape index (κ3) is 16.1. The Morgan fingerprint density at radius 2 is 1.71 bits per heavy atom. The molecule has 51 heavy (non-hydrogen) atoms. The molecule has 0 saturated heterocycles. The van der Waals surface area contributed by atoms with Gasteiger partial charge in [0.1, 0.15) is 36.2 Å². The Balaban J connectivity index is 2.24. The number of rotatable bonds is 24. The lowest BCUT2D eigenvalue weighted by atomic mass is 9.95. The van der Waals surface area contributed by atoms with Gasteiger partial charge in [0.15, 0.2) is 0 Å². The van der Waals surface area contributed by atoms with E-state index < -0.39 is 30.1 Å². The van der Waals surface area contributed by atoms with Gasteiger partial charge in [0.25, 0.3) is 11.8 Å².